The molecule has 0 spiro atoms. The van der Waals surface area contributed by atoms with Crippen LogP contribution in [0.25, 0.3) is 10.8 Å². The highest BCUT2D eigenvalue weighted by Gasteiger charge is 2.15. The van der Waals surface area contributed by atoms with Crippen LogP contribution < -0.4 is 9.47 Å². The molecule has 0 amide bonds. The Morgan fingerprint density at radius 1 is 0.800 bits per heavy atom. The molecular weight excluding hydrogens is 382 g/mol. The molecule has 0 bridgehead atoms. The van der Waals surface area contributed by atoms with Gasteiger partial charge in [0.05, 0.1) is 6.54 Å². The van der Waals surface area contributed by atoms with Gasteiger partial charge < -0.3 is 9.47 Å². The Morgan fingerprint density at radius 2 is 1.40 bits per heavy atom. The third-order valence-corrected chi connectivity index (χ3v) is 4.44. The summed E-state index contributed by atoms with van der Waals surface area (Å²) in [5.41, 5.74) is 1.69. The van der Waals surface area contributed by atoms with Crippen molar-refractivity contribution in [2.24, 2.45) is 0 Å². The van der Waals surface area contributed by atoms with Gasteiger partial charge in [-0.25, -0.2) is 0 Å². The Morgan fingerprint density at radius 3 is 2.00 bits per heavy atom. The van der Waals surface area contributed by atoms with Crippen LogP contribution in [0.15, 0.2) is 60.7 Å². The van der Waals surface area contributed by atoms with Crippen molar-refractivity contribution < 1.29 is 23.9 Å². The number of Topliss-reactive ketones (excluding diaryl/α,β-unsaturated/α-hetero) is 1. The van der Waals surface area contributed by atoms with Crippen LogP contribution in [-0.2, 0) is 16.1 Å². The maximum absolute atomic E-state index is 12.8. The Kier molecular flexibility index (Phi) is 6.59. The maximum atomic E-state index is 12.8. The normalized spacial score (nSPS) is 10.8. The van der Waals surface area contributed by atoms with E-state index >= 15 is 0 Å². The fourth-order valence-corrected chi connectivity index (χ4v) is 3.19. The zero-order valence-electron chi connectivity index (χ0n) is 17.2. The zero-order valence-corrected chi connectivity index (χ0v) is 17.2. The van der Waals surface area contributed by atoms with Crippen LogP contribution in [0.4, 0.5) is 0 Å². The second-order valence-corrected chi connectivity index (χ2v) is 7.13. The van der Waals surface area contributed by atoms with E-state index in [9.17, 15) is 14.4 Å². The summed E-state index contributed by atoms with van der Waals surface area (Å²) in [6.07, 6.45) is 0. The smallest absolute Gasteiger partial charge is 0.308 e. The van der Waals surface area contributed by atoms with Crippen molar-refractivity contribution in [2.45, 2.75) is 20.4 Å². The molecule has 0 N–H and O–H groups in total. The summed E-state index contributed by atoms with van der Waals surface area (Å²) in [5.74, 6) is -0.773. The molecular formula is C24H23NO5. The molecule has 0 aliphatic carbocycles. The molecule has 0 aromatic heterocycles. The van der Waals surface area contributed by atoms with Crippen molar-refractivity contribution >= 4 is 28.5 Å². The average molecular weight is 405 g/mol. The number of benzene rings is 3. The van der Waals surface area contributed by atoms with Gasteiger partial charge in [0.1, 0.15) is 0 Å². The van der Waals surface area contributed by atoms with Crippen LogP contribution in [0, 0.1) is 0 Å². The van der Waals surface area contributed by atoms with Crippen LogP contribution in [-0.4, -0.2) is 36.2 Å². The van der Waals surface area contributed by atoms with Crippen molar-refractivity contribution in [2.75, 3.05) is 13.6 Å². The van der Waals surface area contributed by atoms with E-state index in [0.29, 0.717) is 17.5 Å². The summed E-state index contributed by atoms with van der Waals surface area (Å²) in [4.78, 5) is 37.5. The molecule has 154 valence electrons. The highest BCUT2D eigenvalue weighted by atomic mass is 16.6. The summed E-state index contributed by atoms with van der Waals surface area (Å²) in [5, 5.41) is 1.47. The monoisotopic (exact) mass is 405 g/mol. The molecule has 6 heteroatoms. The lowest BCUT2D eigenvalue weighted by Crippen LogP contribution is -2.25. The topological polar surface area (TPSA) is 72.9 Å². The van der Waals surface area contributed by atoms with Gasteiger partial charge in [0.2, 0.25) is 0 Å². The van der Waals surface area contributed by atoms with E-state index in [-0.39, 0.29) is 23.8 Å². The van der Waals surface area contributed by atoms with Crippen molar-refractivity contribution in [1.82, 2.24) is 4.90 Å². The fourth-order valence-electron chi connectivity index (χ4n) is 3.19. The number of esters is 2. The third kappa shape index (κ3) is 5.52. The van der Waals surface area contributed by atoms with Gasteiger partial charge in [0.15, 0.2) is 17.3 Å². The van der Waals surface area contributed by atoms with Crippen LogP contribution in [0.3, 0.4) is 0 Å². The second kappa shape index (κ2) is 9.33. The molecule has 3 rings (SSSR count). The zero-order chi connectivity index (χ0) is 21.7. The Bertz CT molecular complexity index is 1090. The number of nitrogens with zero attached hydrogens (tertiary/aromatic N) is 1. The lowest BCUT2D eigenvalue weighted by atomic mass is 10.0. The van der Waals surface area contributed by atoms with E-state index in [1.54, 1.807) is 30.3 Å². The molecule has 0 heterocycles. The largest absolute Gasteiger partial charge is 0.423 e. The number of fused-ring (bicyclic) bond motifs is 1. The first-order valence-electron chi connectivity index (χ1n) is 9.52. The average Bonchev–Trinajstić information content (AvgIpc) is 2.68. The summed E-state index contributed by atoms with van der Waals surface area (Å²) in [6.45, 7) is 3.48. The van der Waals surface area contributed by atoms with Gasteiger partial charge in [0, 0.05) is 26.0 Å². The van der Waals surface area contributed by atoms with Crippen LogP contribution in [0.1, 0.15) is 29.8 Å². The highest BCUT2D eigenvalue weighted by molar-refractivity contribution is 6.01. The minimum atomic E-state index is -0.530. The molecule has 0 aliphatic heterocycles. The molecule has 0 fully saturated rings. The fraction of sp³-hybridized carbons (Fsp3) is 0.208. The van der Waals surface area contributed by atoms with E-state index in [1.807, 2.05) is 42.3 Å². The molecule has 0 aliphatic rings. The van der Waals surface area contributed by atoms with Gasteiger partial charge in [-0.3, -0.25) is 19.3 Å². The summed E-state index contributed by atoms with van der Waals surface area (Å²) >= 11 is 0. The summed E-state index contributed by atoms with van der Waals surface area (Å²) in [7, 11) is 1.90. The van der Waals surface area contributed by atoms with Crippen LogP contribution in [0.5, 0.6) is 11.5 Å². The minimum Gasteiger partial charge on any atom is -0.423 e. The van der Waals surface area contributed by atoms with E-state index in [1.165, 1.54) is 13.8 Å². The SMILES string of the molecule is CC(=O)Oc1cc2ccc(C(=O)CN(C)Cc3ccccc3)cc2cc1OC(C)=O. The van der Waals surface area contributed by atoms with Gasteiger partial charge in [-0.2, -0.15) is 0 Å². The second-order valence-electron chi connectivity index (χ2n) is 7.13. The molecule has 0 saturated heterocycles. The van der Waals surface area contributed by atoms with Crippen molar-refractivity contribution in [3.8, 4) is 11.5 Å². The van der Waals surface area contributed by atoms with Gasteiger partial charge in [-0.05, 0) is 41.6 Å². The maximum Gasteiger partial charge on any atom is 0.308 e. The first-order chi connectivity index (χ1) is 14.3. The van der Waals surface area contributed by atoms with Crippen molar-refractivity contribution in [3.05, 3.63) is 71.8 Å². The summed E-state index contributed by atoms with van der Waals surface area (Å²) < 4.78 is 10.3. The van der Waals surface area contributed by atoms with Gasteiger partial charge in [0.25, 0.3) is 0 Å². The first kappa shape index (κ1) is 21.2. The van der Waals surface area contributed by atoms with E-state index in [2.05, 4.69) is 0 Å². The van der Waals surface area contributed by atoms with E-state index in [0.717, 1.165) is 10.9 Å². The first-order valence-corrected chi connectivity index (χ1v) is 9.52. The highest BCUT2D eigenvalue weighted by Crippen LogP contribution is 2.33. The molecule has 6 nitrogen and oxygen atoms in total. The van der Waals surface area contributed by atoms with Gasteiger partial charge in [-0.15, -0.1) is 0 Å². The number of ketones is 1. The Labute approximate surface area is 175 Å². The molecule has 30 heavy (non-hydrogen) atoms. The summed E-state index contributed by atoms with van der Waals surface area (Å²) in [6, 6.07) is 18.4. The number of hydrogen-bond acceptors (Lipinski definition) is 6. The van der Waals surface area contributed by atoms with Crippen molar-refractivity contribution in [1.29, 1.82) is 0 Å². The van der Waals surface area contributed by atoms with Gasteiger partial charge in [-0.1, -0.05) is 42.5 Å². The number of carbonyl (C=O) groups is 3. The number of carbonyl (C=O) groups excluding carboxylic acids is 3. The predicted molar refractivity (Wildman–Crippen MR) is 114 cm³/mol. The molecule has 0 unspecified atom stereocenters. The quantitative estimate of drug-likeness (QED) is 0.336. The lowest BCUT2D eigenvalue weighted by molar-refractivity contribution is -0.134. The van der Waals surface area contributed by atoms with Crippen LogP contribution >= 0.6 is 0 Å². The van der Waals surface area contributed by atoms with E-state index < -0.39 is 11.9 Å². The minimum absolute atomic E-state index is 0.0200. The number of ether oxygens (including phenoxy) is 2. The third-order valence-electron chi connectivity index (χ3n) is 4.44. The number of rotatable bonds is 7. The molecule has 3 aromatic rings. The lowest BCUT2D eigenvalue weighted by Gasteiger charge is -2.16. The Balaban J connectivity index is 1.83. The molecule has 0 radical (unpaired) electrons. The molecule has 0 saturated carbocycles. The van der Waals surface area contributed by atoms with E-state index in [4.69, 9.17) is 9.47 Å². The predicted octanol–water partition coefficient (Wildman–Crippen LogP) is 4.01. The van der Waals surface area contributed by atoms with Crippen LogP contribution in [0.2, 0.25) is 0 Å². The molecule has 0 atom stereocenters. The van der Waals surface area contributed by atoms with Crippen molar-refractivity contribution in [3.63, 3.8) is 0 Å². The molecule has 3 aromatic carbocycles. The standard InChI is InChI=1S/C24H23NO5/c1-16(26)29-23-12-19-9-10-20(11-21(19)13-24(23)30-17(2)27)22(28)15-25(3)14-18-7-5-4-6-8-18/h4-13H,14-15H2,1-3H3. The number of hydrogen-bond donors (Lipinski definition) is 0. The van der Waals surface area contributed by atoms with Gasteiger partial charge >= 0.3 is 11.9 Å². The Hall–Kier alpha value is -3.51. The number of likely N-dealkylation sites (N-methyl/N-ethyl adjacent to an activating group) is 1.